The average molecular weight is 411 g/mol. The summed E-state index contributed by atoms with van der Waals surface area (Å²) in [7, 11) is 0. The molecular formula is C23H20F3N3O. The van der Waals surface area contributed by atoms with E-state index in [9.17, 15) is 18.0 Å². The minimum atomic E-state index is -4.33. The van der Waals surface area contributed by atoms with Crippen molar-refractivity contribution in [2.75, 3.05) is 6.54 Å². The number of aryl methyl sites for hydroxylation is 2. The van der Waals surface area contributed by atoms with Crippen LogP contribution in [0, 0.1) is 0 Å². The summed E-state index contributed by atoms with van der Waals surface area (Å²) in [5.41, 5.74) is 2.87. The van der Waals surface area contributed by atoms with E-state index in [1.807, 2.05) is 18.2 Å². The predicted molar refractivity (Wildman–Crippen MR) is 106 cm³/mol. The molecule has 30 heavy (non-hydrogen) atoms. The first-order chi connectivity index (χ1) is 14.4. The highest BCUT2D eigenvalue weighted by Crippen LogP contribution is 2.29. The van der Waals surface area contributed by atoms with Crippen LogP contribution in [0.2, 0.25) is 0 Å². The van der Waals surface area contributed by atoms with Gasteiger partial charge in [0.25, 0.3) is 5.91 Å². The zero-order valence-corrected chi connectivity index (χ0v) is 16.2. The number of hydrogen-bond acceptors (Lipinski definition) is 3. The molecule has 1 aromatic heterocycles. The van der Waals surface area contributed by atoms with E-state index in [-0.39, 0.29) is 5.91 Å². The summed E-state index contributed by atoms with van der Waals surface area (Å²) in [4.78, 5) is 23.1. The number of hydrogen-bond donors (Lipinski definition) is 0. The Morgan fingerprint density at radius 3 is 2.30 bits per heavy atom. The highest BCUT2D eigenvalue weighted by atomic mass is 19.4. The molecule has 4 nitrogen and oxygen atoms in total. The van der Waals surface area contributed by atoms with E-state index < -0.39 is 11.7 Å². The molecule has 0 N–H and O–H groups in total. The van der Waals surface area contributed by atoms with Gasteiger partial charge in [0.15, 0.2) is 0 Å². The molecule has 3 aromatic rings. The lowest BCUT2D eigenvalue weighted by Gasteiger charge is -2.28. The standard InChI is InChI=1S/C23H20F3N3O/c24-23(25,26)19-8-5-16(6-9-19)2-3-17-4-7-18-10-13-29(22(30)20(18)14-17)15-21-27-11-1-12-28-21/h1,4-9,11-12,14H,2-3,10,13,15H2. The zero-order chi connectivity index (χ0) is 21.1. The number of fused-ring (bicyclic) bond motifs is 1. The molecule has 0 aliphatic carbocycles. The summed E-state index contributed by atoms with van der Waals surface area (Å²) >= 11 is 0. The SMILES string of the molecule is O=C1c2cc(CCc3ccc(C(F)(F)F)cc3)ccc2CCN1Cc1ncccn1. The van der Waals surface area contributed by atoms with Gasteiger partial charge in [-0.3, -0.25) is 4.79 Å². The molecule has 7 heteroatoms. The Labute approximate surface area is 172 Å². The Morgan fingerprint density at radius 2 is 1.60 bits per heavy atom. The van der Waals surface area contributed by atoms with Crippen LogP contribution < -0.4 is 0 Å². The zero-order valence-electron chi connectivity index (χ0n) is 16.2. The Hall–Kier alpha value is -3.22. The molecule has 0 unspecified atom stereocenters. The third-order valence-electron chi connectivity index (χ3n) is 5.28. The van der Waals surface area contributed by atoms with Crippen LogP contribution in [0.1, 0.15) is 38.4 Å². The predicted octanol–water partition coefficient (Wildman–Crippen LogP) is 4.48. The molecule has 0 radical (unpaired) electrons. The molecule has 1 aliphatic heterocycles. The third-order valence-corrected chi connectivity index (χ3v) is 5.28. The molecule has 0 saturated heterocycles. The quantitative estimate of drug-likeness (QED) is 0.622. The molecule has 0 saturated carbocycles. The molecule has 1 amide bonds. The van der Waals surface area contributed by atoms with Crippen molar-refractivity contribution in [2.24, 2.45) is 0 Å². The highest BCUT2D eigenvalue weighted by molar-refractivity contribution is 5.96. The van der Waals surface area contributed by atoms with E-state index in [0.29, 0.717) is 37.3 Å². The van der Waals surface area contributed by atoms with Gasteiger partial charge in [-0.2, -0.15) is 13.2 Å². The number of benzene rings is 2. The van der Waals surface area contributed by atoms with E-state index in [2.05, 4.69) is 9.97 Å². The number of halogens is 3. The summed E-state index contributed by atoms with van der Waals surface area (Å²) in [5, 5.41) is 0. The van der Waals surface area contributed by atoms with E-state index >= 15 is 0 Å². The van der Waals surface area contributed by atoms with Gasteiger partial charge in [0.1, 0.15) is 5.82 Å². The van der Waals surface area contributed by atoms with E-state index in [1.54, 1.807) is 23.4 Å². The van der Waals surface area contributed by atoms with Gasteiger partial charge in [-0.25, -0.2) is 9.97 Å². The van der Waals surface area contributed by atoms with Crippen LogP contribution in [0.15, 0.2) is 60.9 Å². The van der Waals surface area contributed by atoms with Crippen molar-refractivity contribution in [3.63, 3.8) is 0 Å². The third kappa shape index (κ3) is 4.50. The first-order valence-electron chi connectivity index (χ1n) is 9.73. The normalized spacial score (nSPS) is 14.0. The van der Waals surface area contributed by atoms with Crippen molar-refractivity contribution in [2.45, 2.75) is 32.0 Å². The van der Waals surface area contributed by atoms with Gasteiger partial charge in [0.2, 0.25) is 0 Å². The van der Waals surface area contributed by atoms with Gasteiger partial charge in [0, 0.05) is 24.5 Å². The molecule has 154 valence electrons. The molecule has 0 fully saturated rings. The molecule has 1 aliphatic rings. The van der Waals surface area contributed by atoms with E-state index in [1.165, 1.54) is 12.1 Å². The minimum Gasteiger partial charge on any atom is -0.331 e. The van der Waals surface area contributed by atoms with Gasteiger partial charge >= 0.3 is 6.18 Å². The Morgan fingerprint density at radius 1 is 0.933 bits per heavy atom. The number of amides is 1. The molecule has 2 heterocycles. The van der Waals surface area contributed by atoms with Crippen LogP contribution in [-0.2, 0) is 32.0 Å². The molecule has 4 rings (SSSR count). The molecule has 0 atom stereocenters. The van der Waals surface area contributed by atoms with Crippen LogP contribution >= 0.6 is 0 Å². The number of rotatable bonds is 5. The van der Waals surface area contributed by atoms with Crippen molar-refractivity contribution >= 4 is 5.91 Å². The van der Waals surface area contributed by atoms with Gasteiger partial charge in [-0.15, -0.1) is 0 Å². The summed E-state index contributed by atoms with van der Waals surface area (Å²) in [6.07, 6.45) is 1.01. The van der Waals surface area contributed by atoms with Gasteiger partial charge < -0.3 is 4.90 Å². The summed E-state index contributed by atoms with van der Waals surface area (Å²) in [6.45, 7) is 0.990. The largest absolute Gasteiger partial charge is 0.416 e. The highest BCUT2D eigenvalue weighted by Gasteiger charge is 2.30. The van der Waals surface area contributed by atoms with Crippen LogP contribution in [0.25, 0.3) is 0 Å². The van der Waals surface area contributed by atoms with Gasteiger partial charge in [0.05, 0.1) is 12.1 Å². The van der Waals surface area contributed by atoms with Crippen LogP contribution in [-0.4, -0.2) is 27.3 Å². The summed E-state index contributed by atoms with van der Waals surface area (Å²) in [5.74, 6) is 0.563. The fourth-order valence-corrected chi connectivity index (χ4v) is 3.61. The lowest BCUT2D eigenvalue weighted by atomic mass is 9.94. The van der Waals surface area contributed by atoms with Crippen molar-refractivity contribution in [3.8, 4) is 0 Å². The van der Waals surface area contributed by atoms with Crippen molar-refractivity contribution in [3.05, 3.63) is 94.6 Å². The number of carbonyl (C=O) groups excluding carboxylic acids is 1. The Balaban J connectivity index is 1.44. The molecule has 0 bridgehead atoms. The lowest BCUT2D eigenvalue weighted by Crippen LogP contribution is -2.37. The molecular weight excluding hydrogens is 391 g/mol. The van der Waals surface area contributed by atoms with E-state index in [4.69, 9.17) is 0 Å². The maximum Gasteiger partial charge on any atom is 0.416 e. The first kappa shape index (κ1) is 20.1. The second-order valence-electron chi connectivity index (χ2n) is 7.33. The second-order valence-corrected chi connectivity index (χ2v) is 7.33. The topological polar surface area (TPSA) is 46.1 Å². The Kier molecular flexibility index (Phi) is 5.53. The maximum absolute atomic E-state index is 12.9. The molecule has 0 spiro atoms. The lowest BCUT2D eigenvalue weighted by molar-refractivity contribution is -0.137. The minimum absolute atomic E-state index is 0.0416. The fourth-order valence-electron chi connectivity index (χ4n) is 3.61. The number of alkyl halides is 3. The Bertz CT molecular complexity index is 1030. The summed E-state index contributed by atoms with van der Waals surface area (Å²) in [6, 6.07) is 12.8. The van der Waals surface area contributed by atoms with Crippen LogP contribution in [0.5, 0.6) is 0 Å². The smallest absolute Gasteiger partial charge is 0.331 e. The monoisotopic (exact) mass is 411 g/mol. The van der Waals surface area contributed by atoms with Crippen LogP contribution in [0.3, 0.4) is 0 Å². The molecule has 2 aromatic carbocycles. The van der Waals surface area contributed by atoms with Crippen LogP contribution in [0.4, 0.5) is 13.2 Å². The van der Waals surface area contributed by atoms with Crippen molar-refractivity contribution < 1.29 is 18.0 Å². The maximum atomic E-state index is 12.9. The number of carbonyl (C=O) groups is 1. The number of aromatic nitrogens is 2. The van der Waals surface area contributed by atoms with E-state index in [0.717, 1.165) is 35.2 Å². The number of nitrogens with zero attached hydrogens (tertiary/aromatic N) is 3. The second kappa shape index (κ2) is 8.26. The van der Waals surface area contributed by atoms with Crippen molar-refractivity contribution in [1.29, 1.82) is 0 Å². The fraction of sp³-hybridized carbons (Fsp3) is 0.261. The first-order valence-corrected chi connectivity index (χ1v) is 9.73. The van der Waals surface area contributed by atoms with Gasteiger partial charge in [-0.1, -0.05) is 24.3 Å². The van der Waals surface area contributed by atoms with Gasteiger partial charge in [-0.05, 0) is 60.2 Å². The van der Waals surface area contributed by atoms with Crippen molar-refractivity contribution in [1.82, 2.24) is 14.9 Å². The summed E-state index contributed by atoms with van der Waals surface area (Å²) < 4.78 is 38.1. The average Bonchev–Trinajstić information content (AvgIpc) is 2.75.